The third-order valence-corrected chi connectivity index (χ3v) is 1.60. The largest absolute Gasteiger partial charge is 0.396 e. The van der Waals surface area contributed by atoms with Crippen molar-refractivity contribution in [1.82, 2.24) is 4.42 Å². The van der Waals surface area contributed by atoms with E-state index in [1.165, 1.54) is 0 Å². The number of halogens is 1. The number of amides is 1. The monoisotopic (exact) mass is 179 g/mol. The van der Waals surface area contributed by atoms with Crippen molar-refractivity contribution < 1.29 is 9.90 Å². The predicted molar refractivity (Wildman–Crippen MR) is 44.2 cm³/mol. The first-order valence-electron chi connectivity index (χ1n) is 3.79. The lowest BCUT2D eigenvalue weighted by atomic mass is 10.3. The number of hydrogen-bond donors (Lipinski definition) is 1. The predicted octanol–water partition coefficient (Wildman–Crippen LogP) is 1.15. The summed E-state index contributed by atoms with van der Waals surface area (Å²) in [5.41, 5.74) is 0. The van der Waals surface area contributed by atoms with Crippen LogP contribution < -0.4 is 0 Å². The number of carbonyl (C=O) groups excluding carboxylic acids is 1. The van der Waals surface area contributed by atoms with E-state index in [1.807, 2.05) is 6.92 Å². The van der Waals surface area contributed by atoms with Crippen LogP contribution in [0.25, 0.3) is 0 Å². The van der Waals surface area contributed by atoms with Gasteiger partial charge in [-0.05, 0) is 12.8 Å². The second kappa shape index (κ2) is 6.43. The van der Waals surface area contributed by atoms with Crippen molar-refractivity contribution in [2.45, 2.75) is 26.2 Å². The molecule has 4 heteroatoms. The van der Waals surface area contributed by atoms with E-state index in [1.54, 1.807) is 0 Å². The molecule has 0 aliphatic rings. The number of aliphatic hydroxyl groups is 1. The third-order valence-electron chi connectivity index (χ3n) is 1.25. The van der Waals surface area contributed by atoms with Crippen LogP contribution in [0.2, 0.25) is 0 Å². The van der Waals surface area contributed by atoms with Gasteiger partial charge >= 0.3 is 0 Å². The van der Waals surface area contributed by atoms with Crippen LogP contribution in [0.3, 0.4) is 0 Å². The summed E-state index contributed by atoms with van der Waals surface area (Å²) >= 11 is 5.56. The molecule has 0 aromatic carbocycles. The van der Waals surface area contributed by atoms with Gasteiger partial charge in [-0.1, -0.05) is 6.92 Å². The summed E-state index contributed by atoms with van der Waals surface area (Å²) in [6.07, 6.45) is 1.83. The van der Waals surface area contributed by atoms with Crippen molar-refractivity contribution in [3.8, 4) is 0 Å². The molecule has 0 saturated heterocycles. The maximum Gasteiger partial charge on any atom is 0.236 e. The van der Waals surface area contributed by atoms with Gasteiger partial charge in [-0.2, -0.15) is 0 Å². The first kappa shape index (κ1) is 10.7. The number of rotatable bonds is 5. The Morgan fingerprint density at radius 2 is 2.27 bits per heavy atom. The van der Waals surface area contributed by atoms with Crippen LogP contribution in [-0.4, -0.2) is 28.6 Å². The molecule has 0 radical (unpaired) electrons. The van der Waals surface area contributed by atoms with E-state index in [2.05, 4.69) is 0 Å². The Kier molecular flexibility index (Phi) is 6.27. The number of nitrogens with zero attached hydrogens (tertiary/aromatic N) is 1. The minimum atomic E-state index is -0.0670. The summed E-state index contributed by atoms with van der Waals surface area (Å²) in [5, 5.41) is 8.43. The van der Waals surface area contributed by atoms with Crippen LogP contribution in [0.4, 0.5) is 0 Å². The lowest BCUT2D eigenvalue weighted by molar-refractivity contribution is -0.126. The van der Waals surface area contributed by atoms with E-state index < -0.39 is 0 Å². The quantitative estimate of drug-likeness (QED) is 0.644. The summed E-state index contributed by atoms with van der Waals surface area (Å²) in [5.74, 6) is -0.0670. The Morgan fingerprint density at radius 1 is 1.64 bits per heavy atom. The van der Waals surface area contributed by atoms with E-state index in [0.29, 0.717) is 19.4 Å². The van der Waals surface area contributed by atoms with Crippen LogP contribution >= 0.6 is 11.8 Å². The van der Waals surface area contributed by atoms with Crippen LogP contribution in [0.15, 0.2) is 0 Å². The molecule has 0 fully saturated rings. The summed E-state index contributed by atoms with van der Waals surface area (Å²) < 4.78 is 1.14. The van der Waals surface area contributed by atoms with Gasteiger partial charge in [0.25, 0.3) is 0 Å². The van der Waals surface area contributed by atoms with Gasteiger partial charge in [0.2, 0.25) is 5.91 Å². The maximum atomic E-state index is 11.0. The van der Waals surface area contributed by atoms with E-state index in [-0.39, 0.29) is 12.5 Å². The SMILES string of the molecule is CCCC(=O)N(Cl)CCCO. The molecule has 0 aliphatic carbocycles. The van der Waals surface area contributed by atoms with Crippen molar-refractivity contribution in [3.05, 3.63) is 0 Å². The average molecular weight is 180 g/mol. The standard InChI is InChI=1S/C7H14ClNO2/c1-2-4-7(11)9(8)5-3-6-10/h10H,2-6H2,1H3. The van der Waals surface area contributed by atoms with Gasteiger partial charge in [0.05, 0.1) is 0 Å². The zero-order valence-corrected chi connectivity index (χ0v) is 7.47. The highest BCUT2D eigenvalue weighted by Crippen LogP contribution is 2.01. The molecule has 11 heavy (non-hydrogen) atoms. The van der Waals surface area contributed by atoms with E-state index in [4.69, 9.17) is 16.9 Å². The molecule has 0 heterocycles. The van der Waals surface area contributed by atoms with Gasteiger partial charge < -0.3 is 5.11 Å². The van der Waals surface area contributed by atoms with Crippen LogP contribution in [0.1, 0.15) is 26.2 Å². The first-order chi connectivity index (χ1) is 5.22. The molecular formula is C7H14ClNO2. The third kappa shape index (κ3) is 5.04. The molecule has 0 atom stereocenters. The first-order valence-corrected chi connectivity index (χ1v) is 4.13. The van der Waals surface area contributed by atoms with Crippen LogP contribution in [0, 0.1) is 0 Å². The van der Waals surface area contributed by atoms with Crippen molar-refractivity contribution in [1.29, 1.82) is 0 Å². The lowest BCUT2D eigenvalue weighted by Gasteiger charge is -2.11. The maximum absolute atomic E-state index is 11.0. The zero-order valence-electron chi connectivity index (χ0n) is 6.72. The Hall–Kier alpha value is -0.280. The van der Waals surface area contributed by atoms with Gasteiger partial charge in [-0.25, -0.2) is 0 Å². The molecule has 0 bridgehead atoms. The van der Waals surface area contributed by atoms with Gasteiger partial charge in [0, 0.05) is 31.3 Å². The molecule has 3 nitrogen and oxygen atoms in total. The number of hydrogen-bond acceptors (Lipinski definition) is 2. The van der Waals surface area contributed by atoms with E-state index in [0.717, 1.165) is 10.8 Å². The normalized spacial score (nSPS) is 9.73. The molecule has 0 aromatic heterocycles. The Balaban J connectivity index is 3.46. The molecule has 0 aromatic rings. The fourth-order valence-corrected chi connectivity index (χ4v) is 0.873. The molecule has 0 aliphatic heterocycles. The number of aliphatic hydroxyl groups excluding tert-OH is 1. The minimum Gasteiger partial charge on any atom is -0.396 e. The van der Waals surface area contributed by atoms with Gasteiger partial charge in [0.15, 0.2) is 0 Å². The van der Waals surface area contributed by atoms with E-state index >= 15 is 0 Å². The Morgan fingerprint density at radius 3 is 2.73 bits per heavy atom. The van der Waals surface area contributed by atoms with Gasteiger partial charge in [-0.3, -0.25) is 9.21 Å². The van der Waals surface area contributed by atoms with Crippen molar-refractivity contribution in [2.24, 2.45) is 0 Å². The summed E-state index contributed by atoms with van der Waals surface area (Å²) in [4.78, 5) is 11.0. The van der Waals surface area contributed by atoms with Gasteiger partial charge in [-0.15, -0.1) is 0 Å². The molecule has 1 amide bonds. The smallest absolute Gasteiger partial charge is 0.236 e. The van der Waals surface area contributed by atoms with Crippen molar-refractivity contribution in [3.63, 3.8) is 0 Å². The summed E-state index contributed by atoms with van der Waals surface area (Å²) in [6, 6.07) is 0. The second-order valence-electron chi connectivity index (χ2n) is 2.31. The molecular weight excluding hydrogens is 166 g/mol. The fraction of sp³-hybridized carbons (Fsp3) is 0.857. The highest BCUT2D eigenvalue weighted by atomic mass is 35.5. The molecule has 66 valence electrons. The van der Waals surface area contributed by atoms with Gasteiger partial charge in [0.1, 0.15) is 0 Å². The molecule has 0 saturated carbocycles. The summed E-state index contributed by atoms with van der Waals surface area (Å²) in [6.45, 7) is 2.42. The minimum absolute atomic E-state index is 0.0670. The molecule has 0 unspecified atom stereocenters. The topological polar surface area (TPSA) is 40.5 Å². The van der Waals surface area contributed by atoms with Crippen molar-refractivity contribution >= 4 is 17.7 Å². The van der Waals surface area contributed by atoms with Crippen molar-refractivity contribution in [2.75, 3.05) is 13.2 Å². The van der Waals surface area contributed by atoms with Crippen LogP contribution in [0.5, 0.6) is 0 Å². The Labute approximate surface area is 72.1 Å². The fourth-order valence-electron chi connectivity index (χ4n) is 0.669. The molecule has 1 N–H and O–H groups in total. The zero-order chi connectivity index (χ0) is 8.69. The summed E-state index contributed by atoms with van der Waals surface area (Å²) in [7, 11) is 0. The second-order valence-corrected chi connectivity index (χ2v) is 2.71. The molecule has 0 spiro atoms. The highest BCUT2D eigenvalue weighted by molar-refractivity contribution is 6.21. The Bertz CT molecular complexity index is 119. The van der Waals surface area contributed by atoms with E-state index in [9.17, 15) is 4.79 Å². The lowest BCUT2D eigenvalue weighted by Crippen LogP contribution is -2.22. The molecule has 0 rings (SSSR count). The highest BCUT2D eigenvalue weighted by Gasteiger charge is 2.07. The average Bonchev–Trinajstić information content (AvgIpc) is 2.00. The van der Waals surface area contributed by atoms with Crippen LogP contribution in [-0.2, 0) is 4.79 Å². The number of carbonyl (C=O) groups is 1.